The first-order valence-corrected chi connectivity index (χ1v) is 11.8. The molecule has 0 amide bonds. The van der Waals surface area contributed by atoms with Crippen LogP contribution in [0.15, 0.2) is 0 Å². The topological polar surface area (TPSA) is 115 Å². The number of carbonyl (C=O) groups is 2. The standard InChI is InChI=1S/C26H36O6/c1-12(2)6-17(20-23(31)15(10-27)22(30)16(11-28)24(20)32)26(5)8-13-14(9-26)21-18(7-19(13)29)25(21,3)4/h10-14,17-19,21,29-32H,6-9H2,1-5H3. The highest BCUT2D eigenvalue weighted by Gasteiger charge is 2.68. The fourth-order valence-corrected chi connectivity index (χ4v) is 7.63. The molecular formula is C26H36O6. The van der Waals surface area contributed by atoms with E-state index in [-0.39, 0.29) is 51.4 Å². The number of rotatable bonds is 6. The van der Waals surface area contributed by atoms with Gasteiger partial charge in [-0.1, -0.05) is 34.6 Å². The van der Waals surface area contributed by atoms with Crippen molar-refractivity contribution < 1.29 is 30.0 Å². The fourth-order valence-electron chi connectivity index (χ4n) is 7.63. The first-order chi connectivity index (χ1) is 14.9. The van der Waals surface area contributed by atoms with Crippen LogP contribution in [0.4, 0.5) is 0 Å². The lowest BCUT2D eigenvalue weighted by molar-refractivity contribution is 0.0403. The molecule has 1 aromatic carbocycles. The van der Waals surface area contributed by atoms with E-state index in [0.717, 1.165) is 19.3 Å². The van der Waals surface area contributed by atoms with E-state index in [1.165, 1.54) is 0 Å². The van der Waals surface area contributed by atoms with Crippen LogP contribution in [0.5, 0.6) is 17.2 Å². The van der Waals surface area contributed by atoms with E-state index in [1.807, 2.05) is 0 Å². The molecule has 0 heterocycles. The summed E-state index contributed by atoms with van der Waals surface area (Å²) < 4.78 is 0. The Labute approximate surface area is 189 Å². The molecule has 4 N–H and O–H groups in total. The van der Waals surface area contributed by atoms with Crippen molar-refractivity contribution in [3.63, 3.8) is 0 Å². The number of phenolic OH excluding ortho intramolecular Hbond substituents is 3. The summed E-state index contributed by atoms with van der Waals surface area (Å²) in [6, 6.07) is 0. The predicted octanol–water partition coefficient (Wildman–Crippen LogP) is 4.63. The molecule has 0 bridgehead atoms. The zero-order chi connectivity index (χ0) is 23.7. The molecular weight excluding hydrogens is 408 g/mol. The Kier molecular flexibility index (Phi) is 5.39. The molecule has 0 saturated heterocycles. The maximum Gasteiger partial charge on any atom is 0.157 e. The third-order valence-electron chi connectivity index (χ3n) is 9.21. The fraction of sp³-hybridized carbons (Fsp3) is 0.692. The zero-order valence-corrected chi connectivity index (χ0v) is 19.6. The van der Waals surface area contributed by atoms with Gasteiger partial charge < -0.3 is 20.4 Å². The van der Waals surface area contributed by atoms with Crippen molar-refractivity contribution in [2.45, 2.75) is 72.3 Å². The molecule has 0 radical (unpaired) electrons. The Balaban J connectivity index is 1.83. The van der Waals surface area contributed by atoms with Crippen LogP contribution in [0.3, 0.4) is 0 Å². The van der Waals surface area contributed by atoms with Gasteiger partial charge in [0, 0.05) is 5.56 Å². The van der Waals surface area contributed by atoms with Crippen molar-refractivity contribution in [3.05, 3.63) is 16.7 Å². The summed E-state index contributed by atoms with van der Waals surface area (Å²) in [5, 5.41) is 43.1. The Morgan fingerprint density at radius 1 is 0.938 bits per heavy atom. The molecule has 4 rings (SSSR count). The van der Waals surface area contributed by atoms with E-state index in [4.69, 9.17) is 0 Å². The highest BCUT2D eigenvalue weighted by Crippen LogP contribution is 2.74. The van der Waals surface area contributed by atoms with Gasteiger partial charge in [0.15, 0.2) is 12.6 Å². The Morgan fingerprint density at radius 3 is 1.97 bits per heavy atom. The number of carbonyl (C=O) groups excluding carboxylic acids is 2. The van der Waals surface area contributed by atoms with Crippen molar-refractivity contribution in [3.8, 4) is 17.2 Å². The molecule has 0 spiro atoms. The first-order valence-electron chi connectivity index (χ1n) is 11.8. The molecule has 3 aliphatic rings. The maximum atomic E-state index is 11.6. The van der Waals surface area contributed by atoms with Gasteiger partial charge in [-0.15, -0.1) is 0 Å². The smallest absolute Gasteiger partial charge is 0.157 e. The van der Waals surface area contributed by atoms with Crippen LogP contribution < -0.4 is 0 Å². The number of benzene rings is 1. The average molecular weight is 445 g/mol. The Morgan fingerprint density at radius 2 is 1.47 bits per heavy atom. The van der Waals surface area contributed by atoms with Crippen LogP contribution in [0.1, 0.15) is 92.5 Å². The minimum Gasteiger partial charge on any atom is -0.507 e. The number of phenols is 3. The van der Waals surface area contributed by atoms with Crippen molar-refractivity contribution in [1.29, 1.82) is 0 Å². The number of aliphatic hydroxyl groups is 1. The molecule has 6 nitrogen and oxygen atoms in total. The average Bonchev–Trinajstić information content (AvgIpc) is 3.04. The monoisotopic (exact) mass is 444 g/mol. The van der Waals surface area contributed by atoms with Gasteiger partial charge in [0.1, 0.15) is 17.2 Å². The summed E-state index contributed by atoms with van der Waals surface area (Å²) in [7, 11) is 0. The van der Waals surface area contributed by atoms with E-state index in [1.54, 1.807) is 0 Å². The van der Waals surface area contributed by atoms with E-state index >= 15 is 0 Å². The summed E-state index contributed by atoms with van der Waals surface area (Å²) >= 11 is 0. The third-order valence-corrected chi connectivity index (χ3v) is 9.21. The summed E-state index contributed by atoms with van der Waals surface area (Å²) in [6.45, 7) is 10.8. The van der Waals surface area contributed by atoms with E-state index in [0.29, 0.717) is 36.7 Å². The lowest BCUT2D eigenvalue weighted by Gasteiger charge is -2.37. The van der Waals surface area contributed by atoms with Gasteiger partial charge in [-0.2, -0.15) is 0 Å². The summed E-state index contributed by atoms with van der Waals surface area (Å²) in [4.78, 5) is 23.3. The van der Waals surface area contributed by atoms with E-state index in [2.05, 4.69) is 34.6 Å². The van der Waals surface area contributed by atoms with Crippen LogP contribution in [0.2, 0.25) is 0 Å². The predicted molar refractivity (Wildman–Crippen MR) is 120 cm³/mol. The molecule has 1 aromatic rings. The third kappa shape index (κ3) is 3.17. The molecule has 3 aliphatic carbocycles. The van der Waals surface area contributed by atoms with Crippen molar-refractivity contribution in [2.75, 3.05) is 0 Å². The lowest BCUT2D eigenvalue weighted by Crippen LogP contribution is -2.30. The summed E-state index contributed by atoms with van der Waals surface area (Å²) in [5.41, 5.74) is -0.687. The number of aldehydes is 2. The van der Waals surface area contributed by atoms with Crippen LogP contribution in [0.25, 0.3) is 0 Å². The van der Waals surface area contributed by atoms with Crippen LogP contribution >= 0.6 is 0 Å². The minimum atomic E-state index is -0.694. The summed E-state index contributed by atoms with van der Waals surface area (Å²) in [6.07, 6.45) is 3.35. The molecule has 0 aliphatic heterocycles. The highest BCUT2D eigenvalue weighted by molar-refractivity contribution is 5.95. The Hall–Kier alpha value is -2.08. The zero-order valence-electron chi connectivity index (χ0n) is 19.6. The second-order valence-electron chi connectivity index (χ2n) is 11.9. The summed E-state index contributed by atoms with van der Waals surface area (Å²) in [5.74, 6) is -0.0783. The molecule has 0 aromatic heterocycles. The SMILES string of the molecule is CC(C)CC(c1c(O)c(C=O)c(O)c(C=O)c1O)C1(C)CC2C(O)CC3C(C2C1)C3(C)C. The van der Waals surface area contributed by atoms with Gasteiger partial charge in [0.2, 0.25) is 0 Å². The maximum absolute atomic E-state index is 11.6. The van der Waals surface area contributed by atoms with Crippen molar-refractivity contribution in [2.24, 2.45) is 40.4 Å². The quantitative estimate of drug-likeness (QED) is 0.476. The molecule has 3 fully saturated rings. The second kappa shape index (κ2) is 7.47. The number of aliphatic hydroxyl groups excluding tert-OH is 1. The van der Waals surface area contributed by atoms with Gasteiger partial charge in [0.25, 0.3) is 0 Å². The lowest BCUT2D eigenvalue weighted by atomic mass is 9.67. The molecule has 7 unspecified atom stereocenters. The minimum absolute atomic E-state index is 0.162. The van der Waals surface area contributed by atoms with Gasteiger partial charge in [-0.25, -0.2) is 0 Å². The van der Waals surface area contributed by atoms with E-state index < -0.39 is 17.2 Å². The number of fused-ring (bicyclic) bond motifs is 3. The second-order valence-corrected chi connectivity index (χ2v) is 11.9. The van der Waals surface area contributed by atoms with Gasteiger partial charge in [0.05, 0.1) is 17.2 Å². The van der Waals surface area contributed by atoms with Crippen molar-refractivity contribution in [1.82, 2.24) is 0 Å². The molecule has 7 atom stereocenters. The number of hydrogen-bond donors (Lipinski definition) is 4. The van der Waals surface area contributed by atoms with Crippen LogP contribution in [-0.4, -0.2) is 39.1 Å². The normalized spacial score (nSPS) is 35.8. The molecule has 6 heteroatoms. The van der Waals surface area contributed by atoms with Gasteiger partial charge in [-0.05, 0) is 72.0 Å². The molecule has 3 saturated carbocycles. The largest absolute Gasteiger partial charge is 0.507 e. The van der Waals surface area contributed by atoms with Crippen LogP contribution in [-0.2, 0) is 0 Å². The van der Waals surface area contributed by atoms with E-state index in [9.17, 15) is 30.0 Å². The van der Waals surface area contributed by atoms with Crippen LogP contribution in [0, 0.1) is 40.4 Å². The number of aromatic hydroxyl groups is 3. The van der Waals surface area contributed by atoms with Crippen molar-refractivity contribution >= 4 is 12.6 Å². The number of hydrogen-bond acceptors (Lipinski definition) is 6. The molecule has 176 valence electrons. The van der Waals surface area contributed by atoms with Gasteiger partial charge in [-0.3, -0.25) is 9.59 Å². The molecule has 32 heavy (non-hydrogen) atoms. The van der Waals surface area contributed by atoms with Gasteiger partial charge >= 0.3 is 0 Å². The first kappa shape index (κ1) is 23.1. The Bertz CT molecular complexity index is 915. The highest BCUT2D eigenvalue weighted by atomic mass is 16.3.